The first kappa shape index (κ1) is 15.4. The lowest BCUT2D eigenvalue weighted by molar-refractivity contribution is -0.256. The number of hydrogen-bond acceptors (Lipinski definition) is 4. The van der Waals surface area contributed by atoms with Gasteiger partial charge in [-0.3, -0.25) is 4.98 Å². The number of aliphatic imine (C=N–C) groups is 1. The highest BCUT2D eigenvalue weighted by Gasteiger charge is 2.55. The van der Waals surface area contributed by atoms with Crippen molar-refractivity contribution in [3.63, 3.8) is 0 Å². The van der Waals surface area contributed by atoms with Crippen LogP contribution in [-0.4, -0.2) is 39.4 Å². The molecule has 0 N–H and O–H groups in total. The molecule has 5 heteroatoms. The Morgan fingerprint density at radius 2 is 1.77 bits per heavy atom. The van der Waals surface area contributed by atoms with E-state index in [9.17, 15) is 5.21 Å². The van der Waals surface area contributed by atoms with Gasteiger partial charge in [0.15, 0.2) is 5.66 Å². The van der Waals surface area contributed by atoms with E-state index in [-0.39, 0.29) is 0 Å². The second-order valence-electron chi connectivity index (χ2n) is 6.74. The maximum absolute atomic E-state index is 13.2. The quantitative estimate of drug-likeness (QED) is 0.844. The van der Waals surface area contributed by atoms with Gasteiger partial charge in [0.1, 0.15) is 11.4 Å². The van der Waals surface area contributed by atoms with Gasteiger partial charge in [0, 0.05) is 25.5 Å². The summed E-state index contributed by atoms with van der Waals surface area (Å²) < 4.78 is 0. The van der Waals surface area contributed by atoms with Gasteiger partial charge in [-0.25, -0.2) is 4.99 Å². The zero-order valence-corrected chi connectivity index (χ0v) is 13.7. The molecule has 0 aromatic carbocycles. The summed E-state index contributed by atoms with van der Waals surface area (Å²) in [7, 11) is 0. The van der Waals surface area contributed by atoms with Crippen LogP contribution in [0.15, 0.2) is 29.5 Å². The summed E-state index contributed by atoms with van der Waals surface area (Å²) >= 11 is 0. The lowest BCUT2D eigenvalue weighted by Crippen LogP contribution is -2.54. The van der Waals surface area contributed by atoms with Crippen molar-refractivity contribution in [1.82, 2.24) is 14.9 Å². The first-order chi connectivity index (χ1) is 10.5. The predicted molar refractivity (Wildman–Crippen MR) is 85.7 cm³/mol. The van der Waals surface area contributed by atoms with Crippen molar-refractivity contribution in [2.45, 2.75) is 57.7 Å². The third-order valence-corrected chi connectivity index (χ3v) is 4.97. The molecule has 5 nitrogen and oxygen atoms in total. The van der Waals surface area contributed by atoms with Crippen LogP contribution in [0.1, 0.15) is 52.0 Å². The summed E-state index contributed by atoms with van der Waals surface area (Å²) in [6.07, 6.45) is 7.77. The molecule has 22 heavy (non-hydrogen) atoms. The van der Waals surface area contributed by atoms with Crippen LogP contribution < -0.4 is 0 Å². The van der Waals surface area contributed by atoms with Crippen LogP contribution in [0.4, 0.5) is 0 Å². The molecule has 2 aliphatic rings. The van der Waals surface area contributed by atoms with Crippen molar-refractivity contribution in [3.05, 3.63) is 30.1 Å². The Morgan fingerprint density at radius 3 is 2.36 bits per heavy atom. The van der Waals surface area contributed by atoms with Gasteiger partial charge in [0.2, 0.25) is 0 Å². The van der Waals surface area contributed by atoms with Crippen molar-refractivity contribution < 1.29 is 5.21 Å². The minimum atomic E-state index is -0.820. The fourth-order valence-electron chi connectivity index (χ4n) is 3.70. The van der Waals surface area contributed by atoms with E-state index in [1.54, 1.807) is 12.4 Å². The van der Waals surface area contributed by atoms with Crippen LogP contribution >= 0.6 is 0 Å². The molecule has 1 unspecified atom stereocenters. The summed E-state index contributed by atoms with van der Waals surface area (Å²) in [6.45, 7) is 8.03. The van der Waals surface area contributed by atoms with Crippen molar-refractivity contribution in [2.75, 3.05) is 13.1 Å². The monoisotopic (exact) mass is 301 g/mol. The molecule has 119 valence electrons. The van der Waals surface area contributed by atoms with Crippen molar-refractivity contribution in [3.8, 4) is 0 Å². The second-order valence-corrected chi connectivity index (χ2v) is 6.74. The molecule has 1 aromatic heterocycles. The van der Waals surface area contributed by atoms with E-state index in [1.807, 2.05) is 32.9 Å². The Kier molecular flexibility index (Phi) is 3.95. The summed E-state index contributed by atoms with van der Waals surface area (Å²) in [6, 6.07) is 3.82. The van der Waals surface area contributed by atoms with E-state index in [0.717, 1.165) is 24.5 Å². The Bertz CT molecular complexity index is 551. The van der Waals surface area contributed by atoms with E-state index in [0.29, 0.717) is 6.42 Å². The third-order valence-electron chi connectivity index (χ3n) is 4.97. The Hall–Kier alpha value is -1.46. The highest BCUT2D eigenvalue weighted by molar-refractivity contribution is 5.93. The van der Waals surface area contributed by atoms with Gasteiger partial charge in [0.05, 0.1) is 0 Å². The largest absolute Gasteiger partial charge is 0.359 e. The number of pyridine rings is 1. The van der Waals surface area contributed by atoms with E-state index in [2.05, 4.69) is 9.88 Å². The Balaban J connectivity index is 2.05. The maximum atomic E-state index is 13.2. The first-order valence-corrected chi connectivity index (χ1v) is 8.25. The minimum absolute atomic E-state index is 0.601. The molecule has 2 aliphatic heterocycles. The van der Waals surface area contributed by atoms with Crippen molar-refractivity contribution >= 4 is 5.84 Å². The number of hydroxylamine groups is 2. The SMILES string of the molecule is CCC1(c2ccncc2)N=C(N2CCCCC2)C(C)(C)N1[O]. The van der Waals surface area contributed by atoms with Crippen LogP contribution in [-0.2, 0) is 10.9 Å². The molecule has 1 radical (unpaired) electrons. The smallest absolute Gasteiger partial charge is 0.166 e. The molecule has 0 saturated carbocycles. The molecule has 3 rings (SSSR count). The highest BCUT2D eigenvalue weighted by Crippen LogP contribution is 2.44. The molecule has 0 bridgehead atoms. The molecule has 3 heterocycles. The lowest BCUT2D eigenvalue weighted by Gasteiger charge is -2.38. The fourth-order valence-corrected chi connectivity index (χ4v) is 3.70. The zero-order chi connectivity index (χ0) is 15.8. The van der Waals surface area contributed by atoms with Crippen LogP contribution in [0.25, 0.3) is 0 Å². The molecule has 0 amide bonds. The molecule has 1 atom stereocenters. The van der Waals surface area contributed by atoms with E-state index in [4.69, 9.17) is 4.99 Å². The van der Waals surface area contributed by atoms with Gasteiger partial charge in [-0.05, 0) is 57.2 Å². The van der Waals surface area contributed by atoms with Crippen LogP contribution in [0, 0.1) is 0 Å². The predicted octanol–water partition coefficient (Wildman–Crippen LogP) is 2.97. The molecule has 0 spiro atoms. The van der Waals surface area contributed by atoms with Crippen molar-refractivity contribution in [1.29, 1.82) is 0 Å². The number of piperidine rings is 1. The third kappa shape index (κ3) is 2.23. The second kappa shape index (κ2) is 5.63. The standard InChI is InChI=1S/C17H25N4O/c1-4-17(14-8-10-18-11-9-14)19-15(16(2,3)21(17)22)20-12-6-5-7-13-20/h8-11H,4-7,12-13H2,1-3H3. The summed E-state index contributed by atoms with van der Waals surface area (Å²) in [5.74, 6) is 0.945. The van der Waals surface area contributed by atoms with Gasteiger partial charge in [-0.2, -0.15) is 0 Å². The van der Waals surface area contributed by atoms with E-state index in [1.165, 1.54) is 24.3 Å². The van der Waals surface area contributed by atoms with Crippen molar-refractivity contribution in [2.24, 2.45) is 4.99 Å². The van der Waals surface area contributed by atoms with Gasteiger partial charge in [-0.15, -0.1) is 10.3 Å². The first-order valence-electron chi connectivity index (χ1n) is 8.25. The highest BCUT2D eigenvalue weighted by atomic mass is 16.5. The molecular formula is C17H25N4O. The summed E-state index contributed by atoms with van der Waals surface area (Å²) in [5, 5.41) is 14.4. The van der Waals surface area contributed by atoms with Crippen LogP contribution in [0.5, 0.6) is 0 Å². The number of nitrogens with zero attached hydrogens (tertiary/aromatic N) is 4. The molecule has 1 saturated heterocycles. The Labute approximate surface area is 132 Å². The maximum Gasteiger partial charge on any atom is 0.166 e. The van der Waals surface area contributed by atoms with Gasteiger partial charge < -0.3 is 4.90 Å². The number of amidine groups is 1. The number of likely N-dealkylation sites (tertiary alicyclic amines) is 1. The normalized spacial score (nSPS) is 28.7. The molecule has 0 aliphatic carbocycles. The number of rotatable bonds is 2. The number of aromatic nitrogens is 1. The topological polar surface area (TPSA) is 51.6 Å². The minimum Gasteiger partial charge on any atom is -0.359 e. The van der Waals surface area contributed by atoms with E-state index >= 15 is 0 Å². The van der Waals surface area contributed by atoms with Gasteiger partial charge in [-0.1, -0.05) is 6.92 Å². The van der Waals surface area contributed by atoms with Gasteiger partial charge in [0.25, 0.3) is 0 Å². The average Bonchev–Trinajstić information content (AvgIpc) is 2.77. The number of hydrogen-bond donors (Lipinski definition) is 0. The fraction of sp³-hybridized carbons (Fsp3) is 0.647. The molecular weight excluding hydrogens is 276 g/mol. The average molecular weight is 301 g/mol. The van der Waals surface area contributed by atoms with Crippen LogP contribution in [0.2, 0.25) is 0 Å². The molecule has 1 fully saturated rings. The Morgan fingerprint density at radius 1 is 1.14 bits per heavy atom. The van der Waals surface area contributed by atoms with Crippen LogP contribution in [0.3, 0.4) is 0 Å². The summed E-state index contributed by atoms with van der Waals surface area (Å²) in [4.78, 5) is 11.4. The summed E-state index contributed by atoms with van der Waals surface area (Å²) in [5.41, 5.74) is -0.490. The van der Waals surface area contributed by atoms with Gasteiger partial charge >= 0.3 is 0 Å². The van der Waals surface area contributed by atoms with E-state index < -0.39 is 11.2 Å². The lowest BCUT2D eigenvalue weighted by atomic mass is 9.95. The molecule has 1 aromatic rings. The zero-order valence-electron chi connectivity index (χ0n) is 13.7.